The Hall–Kier alpha value is -2.12. The van der Waals surface area contributed by atoms with Crippen LogP contribution in [0.25, 0.3) is 0 Å². The zero-order chi connectivity index (χ0) is 13.5. The molecule has 0 bridgehead atoms. The van der Waals surface area contributed by atoms with Crippen LogP contribution in [0.1, 0.15) is 32.1 Å². The molecule has 1 aromatic rings. The minimum Gasteiger partial charge on any atom is -0.352 e. The lowest BCUT2D eigenvalue weighted by Gasteiger charge is -2.14. The maximum absolute atomic E-state index is 11.5. The van der Waals surface area contributed by atoms with E-state index in [9.17, 15) is 9.59 Å². The molecule has 0 aliphatic rings. The number of nitrogens with one attached hydrogen (secondary N) is 2. The van der Waals surface area contributed by atoms with Gasteiger partial charge in [0.2, 0.25) is 5.91 Å². The smallest absolute Gasteiger partial charge is 0.312 e. The van der Waals surface area contributed by atoms with Crippen LogP contribution in [-0.4, -0.2) is 33.2 Å². The highest BCUT2D eigenvalue weighted by molar-refractivity contribution is 5.83. The molecule has 1 rings (SSSR count). The minimum atomic E-state index is -0.730. The Balaban J connectivity index is 2.53. The largest absolute Gasteiger partial charge is 0.352 e. The lowest BCUT2D eigenvalue weighted by molar-refractivity contribution is -0.120. The summed E-state index contributed by atoms with van der Waals surface area (Å²) in [6, 6.07) is -1.01. The van der Waals surface area contributed by atoms with Crippen LogP contribution in [0, 0.1) is 0 Å². The van der Waals surface area contributed by atoms with Gasteiger partial charge in [0.1, 0.15) is 6.33 Å². The topological polar surface area (TPSA) is 115 Å². The van der Waals surface area contributed by atoms with Gasteiger partial charge in [0.25, 0.3) is 0 Å². The summed E-state index contributed by atoms with van der Waals surface area (Å²) in [5, 5.41) is 12.7. The molecule has 1 aromatic heterocycles. The van der Waals surface area contributed by atoms with Crippen LogP contribution < -0.4 is 16.4 Å². The Bertz CT molecular complexity index is 416. The van der Waals surface area contributed by atoms with E-state index in [1.165, 1.54) is 0 Å². The first-order valence-corrected chi connectivity index (χ1v) is 5.75. The molecule has 1 heterocycles. The van der Waals surface area contributed by atoms with Crippen molar-refractivity contribution in [2.75, 3.05) is 6.54 Å². The van der Waals surface area contributed by atoms with Crippen molar-refractivity contribution in [1.29, 1.82) is 0 Å². The summed E-state index contributed by atoms with van der Waals surface area (Å²) in [5.74, 6) is 0.358. The summed E-state index contributed by atoms with van der Waals surface area (Å²) in [6.45, 7) is 4.49. The number of aromatic nitrogens is 3. The van der Waals surface area contributed by atoms with Crippen LogP contribution in [-0.2, 0) is 11.3 Å². The van der Waals surface area contributed by atoms with Crippen molar-refractivity contribution in [2.24, 2.45) is 5.73 Å². The van der Waals surface area contributed by atoms with E-state index in [-0.39, 0.29) is 18.5 Å². The molecule has 0 saturated heterocycles. The number of aryl methyl sites for hydroxylation is 1. The van der Waals surface area contributed by atoms with Gasteiger partial charge in [-0.15, -0.1) is 10.2 Å². The first kappa shape index (κ1) is 13.9. The molecule has 18 heavy (non-hydrogen) atoms. The third-order valence-electron chi connectivity index (χ3n) is 2.30. The lowest BCUT2D eigenvalue weighted by Crippen LogP contribution is -2.40. The summed E-state index contributed by atoms with van der Waals surface area (Å²) in [4.78, 5) is 21.9. The standard InChI is InChI=1S/C10H18N6O2/c1-3-4-16-6-13-15-9(16)7(2)14-8(17)5-12-10(11)18/h6-7H,3-5H2,1-2H3,(H,14,17)(H3,11,12,18)/t7-/m0/s1. The van der Waals surface area contributed by atoms with Crippen molar-refractivity contribution in [3.63, 3.8) is 0 Å². The second-order valence-corrected chi connectivity index (χ2v) is 3.89. The van der Waals surface area contributed by atoms with Crippen LogP contribution in [0.5, 0.6) is 0 Å². The lowest BCUT2D eigenvalue weighted by atomic mass is 10.3. The van der Waals surface area contributed by atoms with Crippen LogP contribution in [0.2, 0.25) is 0 Å². The SMILES string of the molecule is CCCn1cnnc1[C@H](C)NC(=O)CNC(N)=O. The Morgan fingerprint density at radius 2 is 2.28 bits per heavy atom. The molecule has 0 aliphatic heterocycles. The molecule has 0 aliphatic carbocycles. The zero-order valence-electron chi connectivity index (χ0n) is 10.5. The Labute approximate surface area is 105 Å². The van der Waals surface area contributed by atoms with Gasteiger partial charge < -0.3 is 20.9 Å². The fourth-order valence-electron chi connectivity index (χ4n) is 1.54. The fourth-order valence-corrected chi connectivity index (χ4v) is 1.54. The zero-order valence-corrected chi connectivity index (χ0v) is 10.5. The average Bonchev–Trinajstić information content (AvgIpc) is 2.75. The molecular weight excluding hydrogens is 236 g/mol. The molecule has 0 radical (unpaired) electrons. The van der Waals surface area contributed by atoms with Crippen LogP contribution in [0.15, 0.2) is 6.33 Å². The van der Waals surface area contributed by atoms with Crippen molar-refractivity contribution in [3.05, 3.63) is 12.2 Å². The molecule has 8 heteroatoms. The second kappa shape index (κ2) is 6.58. The monoisotopic (exact) mass is 254 g/mol. The van der Waals surface area contributed by atoms with E-state index >= 15 is 0 Å². The molecule has 100 valence electrons. The van der Waals surface area contributed by atoms with Crippen LogP contribution >= 0.6 is 0 Å². The van der Waals surface area contributed by atoms with E-state index < -0.39 is 6.03 Å². The Kier molecular flexibility index (Phi) is 5.09. The summed E-state index contributed by atoms with van der Waals surface area (Å²) in [7, 11) is 0. The number of carbonyl (C=O) groups is 2. The molecule has 0 fully saturated rings. The fraction of sp³-hybridized carbons (Fsp3) is 0.600. The third-order valence-corrected chi connectivity index (χ3v) is 2.30. The van der Waals surface area contributed by atoms with Gasteiger partial charge in [0.05, 0.1) is 12.6 Å². The number of carbonyl (C=O) groups excluding carboxylic acids is 2. The first-order valence-electron chi connectivity index (χ1n) is 5.75. The van der Waals surface area contributed by atoms with Crippen molar-refractivity contribution < 1.29 is 9.59 Å². The highest BCUT2D eigenvalue weighted by Crippen LogP contribution is 2.08. The maximum atomic E-state index is 11.5. The highest BCUT2D eigenvalue weighted by Gasteiger charge is 2.15. The van der Waals surface area contributed by atoms with E-state index in [2.05, 4.69) is 20.8 Å². The number of rotatable bonds is 6. The molecule has 0 spiro atoms. The number of urea groups is 1. The van der Waals surface area contributed by atoms with E-state index in [1.807, 2.05) is 11.5 Å². The van der Waals surface area contributed by atoms with Gasteiger partial charge in [0.15, 0.2) is 5.82 Å². The van der Waals surface area contributed by atoms with Gasteiger partial charge in [-0.1, -0.05) is 6.92 Å². The van der Waals surface area contributed by atoms with Gasteiger partial charge >= 0.3 is 6.03 Å². The quantitative estimate of drug-likeness (QED) is 0.636. The number of nitrogens with zero attached hydrogens (tertiary/aromatic N) is 3. The molecular formula is C10H18N6O2. The first-order chi connectivity index (χ1) is 8.54. The molecule has 4 N–H and O–H groups in total. The van der Waals surface area contributed by atoms with Gasteiger partial charge in [-0.2, -0.15) is 0 Å². The highest BCUT2D eigenvalue weighted by atomic mass is 16.2. The van der Waals surface area contributed by atoms with E-state index in [1.54, 1.807) is 13.3 Å². The third kappa shape index (κ3) is 4.04. The van der Waals surface area contributed by atoms with Crippen molar-refractivity contribution in [2.45, 2.75) is 32.9 Å². The van der Waals surface area contributed by atoms with E-state index in [0.29, 0.717) is 5.82 Å². The maximum Gasteiger partial charge on any atom is 0.312 e. The van der Waals surface area contributed by atoms with E-state index in [4.69, 9.17) is 5.73 Å². The Morgan fingerprint density at radius 1 is 1.56 bits per heavy atom. The van der Waals surface area contributed by atoms with Crippen LogP contribution in [0.3, 0.4) is 0 Å². The number of hydrogen-bond acceptors (Lipinski definition) is 4. The summed E-state index contributed by atoms with van der Waals surface area (Å²) >= 11 is 0. The normalized spacial score (nSPS) is 11.9. The van der Waals surface area contributed by atoms with Crippen LogP contribution in [0.4, 0.5) is 4.79 Å². The number of primary amides is 1. The van der Waals surface area contributed by atoms with Gasteiger partial charge in [-0.05, 0) is 13.3 Å². The number of amides is 3. The molecule has 1 atom stereocenters. The predicted molar refractivity (Wildman–Crippen MR) is 64.5 cm³/mol. The van der Waals surface area contributed by atoms with Gasteiger partial charge in [-0.25, -0.2) is 4.79 Å². The minimum absolute atomic E-state index is 0.151. The molecule has 8 nitrogen and oxygen atoms in total. The van der Waals surface area contributed by atoms with Crippen molar-refractivity contribution in [1.82, 2.24) is 25.4 Å². The number of nitrogens with two attached hydrogens (primary N) is 1. The second-order valence-electron chi connectivity index (χ2n) is 3.89. The molecule has 0 saturated carbocycles. The summed E-state index contributed by atoms with van der Waals surface area (Å²) < 4.78 is 1.88. The molecule has 0 aromatic carbocycles. The Morgan fingerprint density at radius 3 is 2.89 bits per heavy atom. The van der Waals surface area contributed by atoms with Crippen molar-refractivity contribution in [3.8, 4) is 0 Å². The number of hydrogen-bond donors (Lipinski definition) is 3. The van der Waals surface area contributed by atoms with Crippen molar-refractivity contribution >= 4 is 11.9 Å². The molecule has 0 unspecified atom stereocenters. The summed E-state index contributed by atoms with van der Waals surface area (Å²) in [5.41, 5.74) is 4.87. The van der Waals surface area contributed by atoms with Gasteiger partial charge in [0, 0.05) is 6.54 Å². The van der Waals surface area contributed by atoms with Gasteiger partial charge in [-0.3, -0.25) is 4.79 Å². The molecule has 3 amide bonds. The van der Waals surface area contributed by atoms with E-state index in [0.717, 1.165) is 13.0 Å². The average molecular weight is 254 g/mol. The summed E-state index contributed by atoms with van der Waals surface area (Å²) in [6.07, 6.45) is 2.58. The predicted octanol–water partition coefficient (Wildman–Crippen LogP) is -0.466.